The first-order chi connectivity index (χ1) is 10.5. The van der Waals surface area contributed by atoms with Gasteiger partial charge in [0.15, 0.2) is 0 Å². The van der Waals surface area contributed by atoms with E-state index in [4.69, 9.17) is 4.74 Å². The van der Waals surface area contributed by atoms with Crippen molar-refractivity contribution in [3.63, 3.8) is 0 Å². The second-order valence-corrected chi connectivity index (χ2v) is 5.54. The number of nitrogens with one attached hydrogen (secondary N) is 1. The first-order valence-electron chi connectivity index (χ1n) is 7.21. The molecule has 2 aromatic rings. The monoisotopic (exact) mass is 303 g/mol. The molecule has 1 N–H and O–H groups in total. The lowest BCUT2D eigenvalue weighted by molar-refractivity contribution is -0.144. The number of rotatable bonds is 5. The molecule has 0 saturated heterocycles. The van der Waals surface area contributed by atoms with Crippen molar-refractivity contribution < 1.29 is 9.53 Å². The molecule has 1 aromatic heterocycles. The summed E-state index contributed by atoms with van der Waals surface area (Å²) in [6.07, 6.45) is 0. The quantitative estimate of drug-likeness (QED) is 0.841. The normalized spacial score (nSPS) is 12.6. The van der Waals surface area contributed by atoms with Gasteiger partial charge < -0.3 is 4.74 Å². The first kappa shape index (κ1) is 16.2. The molecule has 0 aliphatic carbocycles. The number of methoxy groups -OCH3 is 1. The van der Waals surface area contributed by atoms with Gasteiger partial charge in [0.1, 0.15) is 11.9 Å². The van der Waals surface area contributed by atoms with Crippen LogP contribution in [-0.4, -0.2) is 28.7 Å². The first-order valence-corrected chi connectivity index (χ1v) is 7.21. The average molecular weight is 303 g/mol. The van der Waals surface area contributed by atoms with Gasteiger partial charge in [0.05, 0.1) is 24.6 Å². The van der Waals surface area contributed by atoms with Gasteiger partial charge in [-0.25, -0.2) is 4.98 Å². The maximum absolute atomic E-state index is 12.3. The fourth-order valence-electron chi connectivity index (χ4n) is 2.34. The molecule has 1 atom stereocenters. The van der Waals surface area contributed by atoms with Crippen LogP contribution in [0.25, 0.3) is 10.9 Å². The van der Waals surface area contributed by atoms with E-state index < -0.39 is 6.04 Å². The van der Waals surface area contributed by atoms with Crippen LogP contribution in [0, 0.1) is 5.92 Å². The van der Waals surface area contributed by atoms with Crippen LogP contribution < -0.4 is 10.9 Å². The summed E-state index contributed by atoms with van der Waals surface area (Å²) in [6, 6.07) is 6.79. The largest absolute Gasteiger partial charge is 0.468 e. The van der Waals surface area contributed by atoms with E-state index in [1.807, 2.05) is 26.0 Å². The summed E-state index contributed by atoms with van der Waals surface area (Å²) in [5.74, 6) is 0.337. The number of esters is 1. The van der Waals surface area contributed by atoms with Gasteiger partial charge in [-0.2, -0.15) is 0 Å². The molecule has 6 heteroatoms. The van der Waals surface area contributed by atoms with E-state index in [0.29, 0.717) is 23.3 Å². The van der Waals surface area contributed by atoms with E-state index in [9.17, 15) is 9.59 Å². The molecule has 118 valence electrons. The average Bonchev–Trinajstić information content (AvgIpc) is 2.51. The predicted octanol–water partition coefficient (Wildman–Crippen LogP) is 1.22. The minimum Gasteiger partial charge on any atom is -0.468 e. The number of nitrogens with zero attached hydrogens (tertiary/aromatic N) is 2. The minimum absolute atomic E-state index is 0.0740. The topological polar surface area (TPSA) is 73.2 Å². The van der Waals surface area contributed by atoms with Gasteiger partial charge in [-0.3, -0.25) is 19.5 Å². The maximum Gasteiger partial charge on any atom is 0.323 e. The number of carbonyl (C=O) groups is 1. The van der Waals surface area contributed by atoms with Crippen LogP contribution in [0.2, 0.25) is 0 Å². The highest BCUT2D eigenvalue weighted by molar-refractivity contribution is 5.77. The van der Waals surface area contributed by atoms with Crippen molar-refractivity contribution in [1.29, 1.82) is 0 Å². The van der Waals surface area contributed by atoms with Crippen molar-refractivity contribution in [2.75, 3.05) is 7.11 Å². The van der Waals surface area contributed by atoms with Gasteiger partial charge >= 0.3 is 5.97 Å². The standard InChI is InChI=1S/C16H21N3O3/c1-10(2)14(16(21)22-4)17-9-13-18-12-8-6-5-7-11(12)15(20)19(13)3/h5-8,10,14,17H,9H2,1-4H3/t14-/m1/s1. The van der Waals surface area contributed by atoms with Gasteiger partial charge in [0.25, 0.3) is 5.56 Å². The van der Waals surface area contributed by atoms with Crippen LogP contribution in [0.15, 0.2) is 29.1 Å². The molecule has 0 spiro atoms. The zero-order chi connectivity index (χ0) is 16.3. The molecule has 0 aliphatic rings. The van der Waals surface area contributed by atoms with E-state index in [1.165, 1.54) is 11.7 Å². The molecule has 0 fully saturated rings. The van der Waals surface area contributed by atoms with Crippen LogP contribution in [0.3, 0.4) is 0 Å². The van der Waals surface area contributed by atoms with Gasteiger partial charge in [0.2, 0.25) is 0 Å². The Labute approximate surface area is 129 Å². The molecule has 22 heavy (non-hydrogen) atoms. The molecule has 0 unspecified atom stereocenters. The zero-order valence-electron chi connectivity index (χ0n) is 13.3. The fraction of sp³-hybridized carbons (Fsp3) is 0.438. The zero-order valence-corrected chi connectivity index (χ0v) is 13.3. The second kappa shape index (κ2) is 6.70. The lowest BCUT2D eigenvalue weighted by atomic mass is 10.0. The number of carbonyl (C=O) groups excluding carboxylic acids is 1. The third-order valence-corrected chi connectivity index (χ3v) is 3.68. The highest BCUT2D eigenvalue weighted by atomic mass is 16.5. The summed E-state index contributed by atoms with van der Waals surface area (Å²) in [7, 11) is 3.05. The van der Waals surface area contributed by atoms with E-state index in [0.717, 1.165) is 0 Å². The summed E-state index contributed by atoms with van der Waals surface area (Å²) in [5.41, 5.74) is 0.558. The fourth-order valence-corrected chi connectivity index (χ4v) is 2.34. The van der Waals surface area contributed by atoms with Gasteiger partial charge in [-0.05, 0) is 18.1 Å². The van der Waals surface area contributed by atoms with E-state index >= 15 is 0 Å². The number of hydrogen-bond acceptors (Lipinski definition) is 5. The van der Waals surface area contributed by atoms with Crippen molar-refractivity contribution in [2.45, 2.75) is 26.4 Å². The number of para-hydroxylation sites is 1. The van der Waals surface area contributed by atoms with E-state index in [-0.39, 0.29) is 17.4 Å². The number of aromatic nitrogens is 2. The number of hydrogen-bond donors (Lipinski definition) is 1. The Morgan fingerprint density at radius 1 is 1.36 bits per heavy atom. The van der Waals surface area contributed by atoms with Crippen molar-refractivity contribution in [1.82, 2.24) is 14.9 Å². The molecule has 0 saturated carbocycles. The smallest absolute Gasteiger partial charge is 0.323 e. The van der Waals surface area contributed by atoms with Crippen molar-refractivity contribution >= 4 is 16.9 Å². The van der Waals surface area contributed by atoms with E-state index in [1.54, 1.807) is 19.2 Å². The van der Waals surface area contributed by atoms with Crippen LogP contribution >= 0.6 is 0 Å². The Morgan fingerprint density at radius 3 is 2.68 bits per heavy atom. The number of benzene rings is 1. The molecule has 0 radical (unpaired) electrons. The maximum atomic E-state index is 12.3. The second-order valence-electron chi connectivity index (χ2n) is 5.54. The molecule has 2 rings (SSSR count). The van der Waals surface area contributed by atoms with Gasteiger partial charge in [0, 0.05) is 7.05 Å². The Balaban J connectivity index is 2.30. The molecule has 1 heterocycles. The Kier molecular flexibility index (Phi) is 4.92. The summed E-state index contributed by atoms with van der Waals surface area (Å²) in [6.45, 7) is 4.18. The van der Waals surface area contributed by atoms with Crippen molar-refractivity contribution in [2.24, 2.45) is 13.0 Å². The van der Waals surface area contributed by atoms with E-state index in [2.05, 4.69) is 10.3 Å². The van der Waals surface area contributed by atoms with Crippen LogP contribution in [-0.2, 0) is 23.1 Å². The molecule has 0 amide bonds. The Hall–Kier alpha value is -2.21. The van der Waals surface area contributed by atoms with Gasteiger partial charge in [-0.15, -0.1) is 0 Å². The molecule has 6 nitrogen and oxygen atoms in total. The highest BCUT2D eigenvalue weighted by Crippen LogP contribution is 2.08. The summed E-state index contributed by atoms with van der Waals surface area (Å²) < 4.78 is 6.30. The molecule has 0 aliphatic heterocycles. The lowest BCUT2D eigenvalue weighted by Gasteiger charge is -2.20. The molecule has 0 bridgehead atoms. The van der Waals surface area contributed by atoms with Crippen molar-refractivity contribution in [3.05, 3.63) is 40.4 Å². The summed E-state index contributed by atoms with van der Waals surface area (Å²) in [5, 5.41) is 3.71. The lowest BCUT2D eigenvalue weighted by Crippen LogP contribution is -2.42. The van der Waals surface area contributed by atoms with Crippen molar-refractivity contribution in [3.8, 4) is 0 Å². The predicted molar refractivity (Wildman–Crippen MR) is 84.5 cm³/mol. The SMILES string of the molecule is COC(=O)[C@H](NCc1nc2ccccc2c(=O)n1C)C(C)C. The minimum atomic E-state index is -0.437. The molecule has 1 aromatic carbocycles. The van der Waals surface area contributed by atoms with Crippen LogP contribution in [0.5, 0.6) is 0 Å². The molecular formula is C16H21N3O3. The van der Waals surface area contributed by atoms with Gasteiger partial charge in [-0.1, -0.05) is 26.0 Å². The highest BCUT2D eigenvalue weighted by Gasteiger charge is 2.22. The summed E-state index contributed by atoms with van der Waals surface area (Å²) in [4.78, 5) is 28.6. The van der Waals surface area contributed by atoms with Crippen LogP contribution in [0.4, 0.5) is 0 Å². The third kappa shape index (κ3) is 3.17. The number of ether oxygens (including phenoxy) is 1. The molecular weight excluding hydrogens is 282 g/mol. The third-order valence-electron chi connectivity index (χ3n) is 3.68. The summed E-state index contributed by atoms with van der Waals surface area (Å²) >= 11 is 0. The Bertz CT molecular complexity index is 737. The van der Waals surface area contributed by atoms with Crippen LogP contribution in [0.1, 0.15) is 19.7 Å². The Morgan fingerprint density at radius 2 is 2.05 bits per heavy atom. The number of fused-ring (bicyclic) bond motifs is 1.